The molecule has 8 aromatic rings. The van der Waals surface area contributed by atoms with Gasteiger partial charge in [-0.3, -0.25) is 0 Å². The first-order valence-electron chi connectivity index (χ1n) is 22.6. The normalized spacial score (nSPS) is 14.6. The number of rotatable bonds is 8. The second-order valence-electron chi connectivity index (χ2n) is 17.7. The molecule has 10 rings (SSSR count). The van der Waals surface area contributed by atoms with Gasteiger partial charge >= 0.3 is 67.1 Å². The molecule has 326 valence electrons. The van der Waals surface area contributed by atoms with E-state index in [2.05, 4.69) is 146 Å². The van der Waals surface area contributed by atoms with Crippen LogP contribution in [0.3, 0.4) is 0 Å². The Labute approximate surface area is 400 Å². The van der Waals surface area contributed by atoms with E-state index in [9.17, 15) is 13.2 Å². The first-order valence-corrected chi connectivity index (χ1v) is 28.5. The van der Waals surface area contributed by atoms with Crippen molar-refractivity contribution in [3.63, 3.8) is 0 Å². The zero-order chi connectivity index (χ0) is 42.2. The molecule has 0 unspecified atom stereocenters. The molecule has 0 bridgehead atoms. The fourth-order valence-electron chi connectivity index (χ4n) is 10.00. The van der Waals surface area contributed by atoms with Crippen molar-refractivity contribution in [1.29, 1.82) is 0 Å². The van der Waals surface area contributed by atoms with Gasteiger partial charge in [-0.05, 0) is 57.3 Å². The summed E-state index contributed by atoms with van der Waals surface area (Å²) in [4.78, 5) is 0. The summed E-state index contributed by atoms with van der Waals surface area (Å²) in [5, 5.41) is 10.9. The molecule has 7 heteroatoms. The second kappa shape index (κ2) is 23.1. The van der Waals surface area contributed by atoms with Crippen LogP contribution in [0.2, 0.25) is 12.6 Å². The molecule has 0 radical (unpaired) electrons. The van der Waals surface area contributed by atoms with Gasteiger partial charge in [0.05, 0.1) is 0 Å². The van der Waals surface area contributed by atoms with Crippen molar-refractivity contribution in [2.75, 3.05) is 0 Å². The van der Waals surface area contributed by atoms with Crippen molar-refractivity contribution in [2.24, 2.45) is 11.8 Å². The van der Waals surface area contributed by atoms with E-state index in [0.717, 1.165) is 11.8 Å². The molecule has 0 spiro atoms. The number of benzene rings is 6. The van der Waals surface area contributed by atoms with Crippen LogP contribution in [0.5, 0.6) is 0 Å². The minimum absolute atomic E-state index is 0. The van der Waals surface area contributed by atoms with Crippen molar-refractivity contribution in [1.82, 2.24) is 0 Å². The van der Waals surface area contributed by atoms with Crippen LogP contribution < -0.4 is 24.8 Å². The molecule has 0 heterocycles. The maximum absolute atomic E-state index is 11.4. The predicted molar refractivity (Wildman–Crippen MR) is 253 cm³/mol. The minimum Gasteiger partial charge on any atom is -1.00 e. The molecule has 2 fully saturated rings. The summed E-state index contributed by atoms with van der Waals surface area (Å²) in [5.41, 5.74) is 7.90. The minimum atomic E-state index is -3.93. The van der Waals surface area contributed by atoms with E-state index in [0.29, 0.717) is 6.04 Å². The molecule has 2 aliphatic carbocycles. The number of hydrogen-bond acceptors (Lipinski definition) is 0. The van der Waals surface area contributed by atoms with Gasteiger partial charge in [-0.15, -0.1) is 69.1 Å². The molecular weight excluding hydrogens is 920 g/mol. The van der Waals surface area contributed by atoms with Crippen molar-refractivity contribution < 1.29 is 61.3 Å². The van der Waals surface area contributed by atoms with Crippen molar-refractivity contribution in [3.8, 4) is 22.3 Å². The average Bonchev–Trinajstić information content (AvgIpc) is 3.90. The van der Waals surface area contributed by atoms with Crippen LogP contribution >= 0.6 is 0 Å². The van der Waals surface area contributed by atoms with Gasteiger partial charge in [-0.25, -0.2) is 0 Å². The van der Waals surface area contributed by atoms with Crippen LogP contribution in [-0.4, -0.2) is 11.6 Å². The average molecular weight is 977 g/mol. The molecule has 0 amide bonds. The molecular formula is C56H57Cl2F3SiZr-2. The van der Waals surface area contributed by atoms with E-state index in [-0.39, 0.29) is 24.8 Å². The topological polar surface area (TPSA) is 0 Å². The van der Waals surface area contributed by atoms with Gasteiger partial charge in [-0.2, -0.15) is 12.1 Å². The van der Waals surface area contributed by atoms with Crippen molar-refractivity contribution >= 4 is 48.5 Å². The van der Waals surface area contributed by atoms with Gasteiger partial charge in [0.25, 0.3) is 0 Å². The van der Waals surface area contributed by atoms with E-state index in [4.69, 9.17) is 0 Å². The molecule has 2 saturated carbocycles. The van der Waals surface area contributed by atoms with Crippen LogP contribution in [0.25, 0.3) is 65.3 Å². The largest absolute Gasteiger partial charge is 1.00 e. The fourth-order valence-corrected chi connectivity index (χ4v) is 11.6. The third-order valence-corrected chi connectivity index (χ3v) is 15.9. The molecule has 0 atom stereocenters. The summed E-state index contributed by atoms with van der Waals surface area (Å²) in [6.45, 7) is 1.93. The smallest absolute Gasteiger partial charge is 0.0114 e. The summed E-state index contributed by atoms with van der Waals surface area (Å²) in [6.07, 6.45) is 12.2. The summed E-state index contributed by atoms with van der Waals surface area (Å²) in [5.74, 6) is 1.78. The third-order valence-electron chi connectivity index (χ3n) is 13.1. The molecule has 0 N–H and O–H groups in total. The van der Waals surface area contributed by atoms with Crippen molar-refractivity contribution in [3.05, 3.63) is 157 Å². The standard InChI is InChI=1S/2C26H25.C4H7F3Si.2ClH.Zr/c2*1-2-8-19(9-3-1)16-20-17-22-12-7-15-25(26(22)18-20)24-14-6-11-21-10-4-5-13-23(21)24;1-8-3-2-4(5,6)7;;;/h2*4-7,10-15,17-19H,1-3,8-9,16H2;2-3H2,1H3;2*1H;/q2*-1;;;;+2/p-2. The summed E-state index contributed by atoms with van der Waals surface area (Å²) < 4.78 is 34.3. The first-order chi connectivity index (χ1) is 29.7. The molecule has 0 nitrogen and oxygen atoms in total. The molecule has 0 saturated heterocycles. The Kier molecular flexibility index (Phi) is 18.0. The zero-order valence-electron chi connectivity index (χ0n) is 36.3. The maximum Gasteiger partial charge on any atom is -0.0114 e. The summed E-state index contributed by atoms with van der Waals surface area (Å²) in [7, 11) is 0. The first kappa shape index (κ1) is 49.0. The molecule has 0 aliphatic heterocycles. The number of hydrogen-bond donors (Lipinski definition) is 0. The Balaban J connectivity index is 0.000000172. The van der Waals surface area contributed by atoms with Crippen LogP contribution in [0.4, 0.5) is 13.2 Å². The Morgan fingerprint density at radius 1 is 0.508 bits per heavy atom. The number of halogens is 5. The number of alkyl halides is 3. The SMILES string of the molecule is C[Si](=[Zr+2])CCC(F)(F)F.[Cl-].[Cl-].c1ccc2c(-c3cccc4[cH-]c(CC5CCCCC5)cc34)cccc2c1.c1ccc2c(-c3cccc4[cH-]c(CC5CCCCC5)cc34)cccc2c1. The van der Waals surface area contributed by atoms with Gasteiger partial charge in [0.15, 0.2) is 0 Å². The molecule has 63 heavy (non-hydrogen) atoms. The van der Waals surface area contributed by atoms with E-state index in [1.807, 2.05) is 6.55 Å². The molecule has 0 aromatic heterocycles. The van der Waals surface area contributed by atoms with E-state index in [1.54, 1.807) is 0 Å². The Bertz CT molecular complexity index is 2530. The molecule has 8 aromatic carbocycles. The van der Waals surface area contributed by atoms with Gasteiger partial charge in [0, 0.05) is 0 Å². The molecule has 2 aliphatic rings. The van der Waals surface area contributed by atoms with Crippen molar-refractivity contribution in [2.45, 2.75) is 102 Å². The number of fused-ring (bicyclic) bond motifs is 4. The predicted octanol–water partition coefficient (Wildman–Crippen LogP) is 11.1. The Morgan fingerprint density at radius 3 is 1.25 bits per heavy atom. The van der Waals surface area contributed by atoms with Crippen LogP contribution in [0, 0.1) is 11.8 Å². The summed E-state index contributed by atoms with van der Waals surface area (Å²) in [6, 6.07) is 54.5. The van der Waals surface area contributed by atoms with Crippen LogP contribution in [-0.2, 0) is 36.2 Å². The Hall–Kier alpha value is -3.47. The summed E-state index contributed by atoms with van der Waals surface area (Å²) >= 11 is 1.29. The van der Waals surface area contributed by atoms with Crippen LogP contribution in [0.1, 0.15) is 81.8 Å². The van der Waals surface area contributed by atoms with E-state index >= 15 is 0 Å². The van der Waals surface area contributed by atoms with Gasteiger partial charge in [0.1, 0.15) is 0 Å². The maximum atomic E-state index is 11.4. The fraction of sp³-hybridized carbons (Fsp3) is 0.321. The Morgan fingerprint density at radius 2 is 0.873 bits per heavy atom. The quantitative estimate of drug-likeness (QED) is 0.105. The van der Waals surface area contributed by atoms with Gasteiger partial charge < -0.3 is 24.8 Å². The van der Waals surface area contributed by atoms with E-state index < -0.39 is 18.0 Å². The zero-order valence-corrected chi connectivity index (χ0v) is 41.3. The third kappa shape index (κ3) is 12.9. The van der Waals surface area contributed by atoms with Gasteiger partial charge in [0.2, 0.25) is 0 Å². The van der Waals surface area contributed by atoms with E-state index in [1.165, 1.54) is 177 Å². The second-order valence-corrected chi connectivity index (χ2v) is 26.1. The van der Waals surface area contributed by atoms with Crippen LogP contribution in [0.15, 0.2) is 146 Å². The monoisotopic (exact) mass is 974 g/mol. The van der Waals surface area contributed by atoms with Gasteiger partial charge in [-0.1, -0.05) is 172 Å².